The van der Waals surface area contributed by atoms with Crippen LogP contribution in [0.25, 0.3) is 0 Å². The van der Waals surface area contributed by atoms with E-state index in [9.17, 15) is 9.59 Å². The lowest BCUT2D eigenvalue weighted by Crippen LogP contribution is -2.17. The van der Waals surface area contributed by atoms with Gasteiger partial charge in [0.05, 0.1) is 6.42 Å². The minimum absolute atomic E-state index is 0.0286. The second-order valence-electron chi connectivity index (χ2n) is 6.86. The molecule has 0 aliphatic rings. The molecule has 0 heterocycles. The molecule has 5 heteroatoms. The van der Waals surface area contributed by atoms with Gasteiger partial charge in [0.25, 0.3) is 0 Å². The van der Waals surface area contributed by atoms with E-state index in [0.29, 0.717) is 0 Å². The van der Waals surface area contributed by atoms with E-state index in [1.807, 2.05) is 12.1 Å². The van der Waals surface area contributed by atoms with Gasteiger partial charge < -0.3 is 10.4 Å². The second kappa shape index (κ2) is 15.3. The highest BCUT2D eigenvalue weighted by molar-refractivity contribution is 7.80. The number of carboxylic acids is 1. The maximum absolute atomic E-state index is 11.3. The Morgan fingerprint density at radius 2 is 1.56 bits per heavy atom. The van der Waals surface area contributed by atoms with Gasteiger partial charge in [0.2, 0.25) is 5.91 Å². The Bertz CT molecular complexity index is 587. The number of carbonyl (C=O) groups is 2. The number of amides is 1. The average molecular weight is 392 g/mol. The second-order valence-corrected chi connectivity index (χ2v) is 7.34. The van der Waals surface area contributed by atoms with E-state index < -0.39 is 5.97 Å². The minimum atomic E-state index is -0.947. The fourth-order valence-corrected chi connectivity index (χ4v) is 3.16. The van der Waals surface area contributed by atoms with Gasteiger partial charge in [-0.25, -0.2) is 0 Å². The number of aliphatic carboxylic acids is 1. The lowest BCUT2D eigenvalue weighted by atomic mass is 10.0. The fourth-order valence-electron chi connectivity index (χ4n) is 2.89. The number of aryl methyl sites for hydroxylation is 1. The summed E-state index contributed by atoms with van der Waals surface area (Å²) in [6.45, 7) is 0. The molecule has 1 aromatic rings. The Balaban J connectivity index is 1.86. The van der Waals surface area contributed by atoms with Crippen molar-refractivity contribution in [3.05, 3.63) is 42.1 Å². The fraction of sp³-hybridized carbons (Fsp3) is 0.545. The van der Waals surface area contributed by atoms with E-state index in [1.165, 1.54) is 50.5 Å². The maximum Gasteiger partial charge on any atom is 0.303 e. The van der Waals surface area contributed by atoms with Crippen molar-refractivity contribution in [1.29, 1.82) is 0 Å². The monoisotopic (exact) mass is 391 g/mol. The highest BCUT2D eigenvalue weighted by atomic mass is 32.1. The van der Waals surface area contributed by atoms with Gasteiger partial charge in [0, 0.05) is 11.3 Å². The van der Waals surface area contributed by atoms with E-state index >= 15 is 0 Å². The summed E-state index contributed by atoms with van der Waals surface area (Å²) in [5.74, 6) is -1.19. The Morgan fingerprint density at radius 1 is 0.926 bits per heavy atom. The zero-order valence-corrected chi connectivity index (χ0v) is 17.1. The highest BCUT2D eigenvalue weighted by Gasteiger charge is 2.02. The average Bonchev–Trinajstić information content (AvgIpc) is 2.65. The number of nitrogens with one attached hydrogen (secondary N) is 1. The standard InChI is InChI=1S/C22H33NO3S/c24-21(16-17-22(25)26)23-18-12-8-6-4-2-1-3-5-7-9-13-19-14-10-11-15-20(19)27/h10-12,14-15,18,27H,1-9,13,16-17H2,(H,23,24)(H,25,26). The summed E-state index contributed by atoms with van der Waals surface area (Å²) < 4.78 is 0. The van der Waals surface area contributed by atoms with Gasteiger partial charge in [-0.05, 0) is 43.5 Å². The van der Waals surface area contributed by atoms with Crippen molar-refractivity contribution in [2.45, 2.75) is 81.9 Å². The molecule has 0 saturated heterocycles. The smallest absolute Gasteiger partial charge is 0.303 e. The van der Waals surface area contributed by atoms with Crippen molar-refractivity contribution in [2.75, 3.05) is 0 Å². The van der Waals surface area contributed by atoms with Crippen molar-refractivity contribution in [3.8, 4) is 0 Å². The van der Waals surface area contributed by atoms with Crippen LogP contribution in [0.5, 0.6) is 0 Å². The first-order valence-corrected chi connectivity index (χ1v) is 10.5. The number of hydrogen-bond acceptors (Lipinski definition) is 3. The van der Waals surface area contributed by atoms with Crippen LogP contribution in [0, 0.1) is 0 Å². The van der Waals surface area contributed by atoms with Crippen LogP contribution in [0.15, 0.2) is 41.4 Å². The first-order valence-electron chi connectivity index (χ1n) is 10.0. The Kier molecular flexibility index (Phi) is 13.2. The summed E-state index contributed by atoms with van der Waals surface area (Å²) in [5.41, 5.74) is 1.35. The van der Waals surface area contributed by atoms with E-state index in [4.69, 9.17) is 5.11 Å². The SMILES string of the molecule is O=C(O)CCC(=O)NC=CCCCCCCCCCCc1ccccc1S. The van der Waals surface area contributed by atoms with E-state index in [0.717, 1.165) is 24.2 Å². The Morgan fingerprint density at radius 3 is 2.22 bits per heavy atom. The van der Waals surface area contributed by atoms with Gasteiger partial charge in [-0.15, -0.1) is 12.6 Å². The summed E-state index contributed by atoms with van der Waals surface area (Å²) in [4.78, 5) is 22.7. The summed E-state index contributed by atoms with van der Waals surface area (Å²) >= 11 is 4.49. The number of unbranched alkanes of at least 4 members (excludes halogenated alkanes) is 8. The van der Waals surface area contributed by atoms with E-state index in [1.54, 1.807) is 6.20 Å². The van der Waals surface area contributed by atoms with Gasteiger partial charge >= 0.3 is 5.97 Å². The molecule has 4 nitrogen and oxygen atoms in total. The zero-order chi connectivity index (χ0) is 19.7. The number of thiol groups is 1. The summed E-state index contributed by atoms with van der Waals surface area (Å²) in [6.07, 6.45) is 15.6. The van der Waals surface area contributed by atoms with Gasteiger partial charge in [0.15, 0.2) is 0 Å². The molecule has 0 radical (unpaired) electrons. The molecule has 0 aliphatic heterocycles. The molecule has 0 bridgehead atoms. The van der Waals surface area contributed by atoms with Crippen LogP contribution in [-0.4, -0.2) is 17.0 Å². The molecular formula is C22H33NO3S. The molecule has 27 heavy (non-hydrogen) atoms. The third-order valence-corrected chi connectivity index (χ3v) is 4.92. The van der Waals surface area contributed by atoms with Crippen molar-refractivity contribution >= 4 is 24.5 Å². The molecule has 0 aliphatic carbocycles. The largest absolute Gasteiger partial charge is 0.481 e. The molecule has 150 valence electrons. The first-order chi connectivity index (χ1) is 13.1. The number of hydrogen-bond donors (Lipinski definition) is 3. The van der Waals surface area contributed by atoms with Gasteiger partial charge in [-0.2, -0.15) is 0 Å². The van der Waals surface area contributed by atoms with Crippen LogP contribution in [0.2, 0.25) is 0 Å². The highest BCUT2D eigenvalue weighted by Crippen LogP contribution is 2.17. The van der Waals surface area contributed by atoms with Crippen LogP contribution >= 0.6 is 12.6 Å². The molecule has 0 saturated carbocycles. The first kappa shape index (κ1) is 23.3. The Labute approximate surface area is 168 Å². The molecular weight excluding hydrogens is 358 g/mol. The third kappa shape index (κ3) is 13.1. The molecule has 1 amide bonds. The van der Waals surface area contributed by atoms with Crippen molar-refractivity contribution in [2.24, 2.45) is 0 Å². The maximum atomic E-state index is 11.3. The van der Waals surface area contributed by atoms with Crippen LogP contribution in [0.1, 0.15) is 76.2 Å². The molecule has 0 fully saturated rings. The molecule has 0 aromatic heterocycles. The van der Waals surface area contributed by atoms with Crippen LogP contribution in [0.4, 0.5) is 0 Å². The quantitative estimate of drug-likeness (QED) is 0.272. The predicted molar refractivity (Wildman–Crippen MR) is 113 cm³/mol. The third-order valence-electron chi connectivity index (χ3n) is 4.49. The van der Waals surface area contributed by atoms with Gasteiger partial charge in [-0.1, -0.05) is 62.8 Å². The van der Waals surface area contributed by atoms with E-state index in [-0.39, 0.29) is 18.7 Å². The number of carboxylic acid groups (broad SMARTS) is 1. The zero-order valence-electron chi connectivity index (χ0n) is 16.2. The number of allylic oxidation sites excluding steroid dienone is 1. The summed E-state index contributed by atoms with van der Waals surface area (Å²) in [6, 6.07) is 8.33. The van der Waals surface area contributed by atoms with Crippen LogP contribution in [0.3, 0.4) is 0 Å². The molecule has 2 N–H and O–H groups in total. The van der Waals surface area contributed by atoms with E-state index in [2.05, 4.69) is 36.1 Å². The molecule has 1 rings (SSSR count). The topological polar surface area (TPSA) is 66.4 Å². The normalized spacial score (nSPS) is 11.0. The lowest BCUT2D eigenvalue weighted by Gasteiger charge is -2.05. The van der Waals surface area contributed by atoms with Gasteiger partial charge in [-0.3, -0.25) is 9.59 Å². The molecule has 0 unspecified atom stereocenters. The lowest BCUT2D eigenvalue weighted by molar-refractivity contribution is -0.138. The van der Waals surface area contributed by atoms with Crippen LogP contribution in [-0.2, 0) is 16.0 Å². The van der Waals surface area contributed by atoms with Gasteiger partial charge in [0.1, 0.15) is 0 Å². The van der Waals surface area contributed by atoms with Crippen molar-refractivity contribution < 1.29 is 14.7 Å². The summed E-state index contributed by atoms with van der Waals surface area (Å²) in [5, 5.41) is 11.1. The predicted octanol–water partition coefficient (Wildman–Crippen LogP) is 5.52. The number of benzene rings is 1. The minimum Gasteiger partial charge on any atom is -0.481 e. The summed E-state index contributed by atoms with van der Waals surface area (Å²) in [7, 11) is 0. The number of carbonyl (C=O) groups excluding carboxylic acids is 1. The molecule has 0 spiro atoms. The number of rotatable bonds is 15. The Hall–Kier alpha value is -1.75. The molecule has 1 aromatic carbocycles. The molecule has 0 atom stereocenters. The van der Waals surface area contributed by atoms with Crippen LogP contribution < -0.4 is 5.32 Å². The van der Waals surface area contributed by atoms with Crippen molar-refractivity contribution in [1.82, 2.24) is 5.32 Å². The van der Waals surface area contributed by atoms with Crippen molar-refractivity contribution in [3.63, 3.8) is 0 Å².